The van der Waals surface area contributed by atoms with Gasteiger partial charge in [-0.1, -0.05) is 6.07 Å². The molecular formula is C18H19N3O4. The number of nitrogens with zero attached hydrogens (tertiary/aromatic N) is 2. The lowest BCUT2D eigenvalue weighted by Gasteiger charge is -2.21. The molecule has 0 radical (unpaired) electrons. The Morgan fingerprint density at radius 1 is 1.20 bits per heavy atom. The fraction of sp³-hybridized carbons (Fsp3) is 0.222. The first-order valence-electron chi connectivity index (χ1n) is 7.61. The van der Waals surface area contributed by atoms with Crippen molar-refractivity contribution in [3.05, 3.63) is 69.8 Å². The maximum atomic E-state index is 12.0. The number of carbonyl (C=O) groups excluding carboxylic acids is 1. The number of hydrogen-bond donors (Lipinski definition) is 1. The third kappa shape index (κ3) is 5.72. The highest BCUT2D eigenvalue weighted by atomic mass is 16.6. The predicted molar refractivity (Wildman–Crippen MR) is 95.0 cm³/mol. The largest absolute Gasteiger partial charge is 0.488 e. The van der Waals surface area contributed by atoms with E-state index in [4.69, 9.17) is 4.74 Å². The Bertz CT molecular complexity index is 793. The van der Waals surface area contributed by atoms with Crippen molar-refractivity contribution >= 4 is 17.8 Å². The van der Waals surface area contributed by atoms with E-state index in [1.807, 2.05) is 45.0 Å². The minimum Gasteiger partial charge on any atom is -0.488 e. The van der Waals surface area contributed by atoms with Gasteiger partial charge in [-0.05, 0) is 56.7 Å². The highest BCUT2D eigenvalue weighted by Gasteiger charge is 2.12. The number of nitro groups is 1. The topological polar surface area (TPSA) is 93.8 Å². The highest BCUT2D eigenvalue weighted by Crippen LogP contribution is 2.18. The molecule has 0 saturated carbocycles. The van der Waals surface area contributed by atoms with Crippen molar-refractivity contribution in [3.63, 3.8) is 0 Å². The van der Waals surface area contributed by atoms with Crippen LogP contribution in [-0.2, 0) is 0 Å². The van der Waals surface area contributed by atoms with Crippen molar-refractivity contribution in [2.24, 2.45) is 5.10 Å². The van der Waals surface area contributed by atoms with Crippen LogP contribution in [0.1, 0.15) is 36.7 Å². The van der Waals surface area contributed by atoms with Crippen LogP contribution in [0.15, 0.2) is 53.6 Å². The van der Waals surface area contributed by atoms with Gasteiger partial charge in [0.15, 0.2) is 0 Å². The van der Waals surface area contributed by atoms with E-state index in [2.05, 4.69) is 10.5 Å². The van der Waals surface area contributed by atoms with Crippen LogP contribution in [0.4, 0.5) is 5.69 Å². The molecule has 0 bridgehead atoms. The van der Waals surface area contributed by atoms with Gasteiger partial charge in [-0.25, -0.2) is 5.43 Å². The number of carbonyl (C=O) groups is 1. The lowest BCUT2D eigenvalue weighted by Crippen LogP contribution is -2.22. The zero-order valence-electron chi connectivity index (χ0n) is 14.2. The SMILES string of the molecule is CC(C)(C)Oc1ccc(/C=N/NC(=O)c2cccc([N+](=O)[O-])c2)cc1. The Hall–Kier alpha value is -3.22. The van der Waals surface area contributed by atoms with Gasteiger partial charge < -0.3 is 4.74 Å². The monoisotopic (exact) mass is 341 g/mol. The lowest BCUT2D eigenvalue weighted by molar-refractivity contribution is -0.384. The van der Waals surface area contributed by atoms with Crippen molar-refractivity contribution in [2.45, 2.75) is 26.4 Å². The van der Waals surface area contributed by atoms with Gasteiger partial charge in [-0.2, -0.15) is 5.10 Å². The number of non-ortho nitro benzene ring substituents is 1. The predicted octanol–water partition coefficient (Wildman–Crippen LogP) is 3.54. The molecule has 0 fully saturated rings. The van der Waals surface area contributed by atoms with E-state index in [0.717, 1.165) is 11.3 Å². The van der Waals surface area contributed by atoms with Gasteiger partial charge in [0, 0.05) is 17.7 Å². The molecule has 1 amide bonds. The summed E-state index contributed by atoms with van der Waals surface area (Å²) in [5.41, 5.74) is 2.87. The van der Waals surface area contributed by atoms with Crippen LogP contribution in [0.25, 0.3) is 0 Å². The first-order chi connectivity index (χ1) is 11.7. The second-order valence-electron chi connectivity index (χ2n) is 6.29. The van der Waals surface area contributed by atoms with Crippen LogP contribution >= 0.6 is 0 Å². The molecule has 7 nitrogen and oxygen atoms in total. The van der Waals surface area contributed by atoms with Gasteiger partial charge in [0.25, 0.3) is 11.6 Å². The van der Waals surface area contributed by atoms with Gasteiger partial charge in [0.1, 0.15) is 11.4 Å². The summed E-state index contributed by atoms with van der Waals surface area (Å²) in [5.74, 6) is 0.220. The summed E-state index contributed by atoms with van der Waals surface area (Å²) < 4.78 is 5.72. The molecule has 0 saturated heterocycles. The molecule has 25 heavy (non-hydrogen) atoms. The van der Waals surface area contributed by atoms with Crippen molar-refractivity contribution < 1.29 is 14.5 Å². The Morgan fingerprint density at radius 2 is 1.88 bits per heavy atom. The molecule has 2 aromatic rings. The summed E-state index contributed by atoms with van der Waals surface area (Å²) in [4.78, 5) is 22.1. The van der Waals surface area contributed by atoms with Gasteiger partial charge in [0.2, 0.25) is 0 Å². The first kappa shape index (κ1) is 18.1. The van der Waals surface area contributed by atoms with E-state index >= 15 is 0 Å². The lowest BCUT2D eigenvalue weighted by atomic mass is 10.2. The molecule has 130 valence electrons. The fourth-order valence-corrected chi connectivity index (χ4v) is 1.97. The summed E-state index contributed by atoms with van der Waals surface area (Å²) >= 11 is 0. The average Bonchev–Trinajstić information content (AvgIpc) is 2.55. The van der Waals surface area contributed by atoms with Crippen molar-refractivity contribution in [2.75, 3.05) is 0 Å². The molecule has 2 rings (SSSR count). The molecule has 0 aromatic heterocycles. The number of benzene rings is 2. The van der Waals surface area contributed by atoms with E-state index < -0.39 is 10.8 Å². The Kier molecular flexibility index (Phi) is 5.49. The molecule has 0 heterocycles. The molecular weight excluding hydrogens is 322 g/mol. The van der Waals surface area contributed by atoms with Crippen molar-refractivity contribution in [3.8, 4) is 5.75 Å². The van der Waals surface area contributed by atoms with Crippen LogP contribution in [0, 0.1) is 10.1 Å². The maximum Gasteiger partial charge on any atom is 0.271 e. The van der Waals surface area contributed by atoms with Gasteiger partial charge >= 0.3 is 0 Å². The molecule has 1 N–H and O–H groups in total. The average molecular weight is 341 g/mol. The number of rotatable bonds is 5. The van der Waals surface area contributed by atoms with E-state index in [-0.39, 0.29) is 16.9 Å². The highest BCUT2D eigenvalue weighted by molar-refractivity contribution is 5.95. The van der Waals surface area contributed by atoms with Gasteiger partial charge in [0.05, 0.1) is 11.1 Å². The minimum atomic E-state index is -0.554. The van der Waals surface area contributed by atoms with Gasteiger partial charge in [-0.15, -0.1) is 0 Å². The van der Waals surface area contributed by atoms with Crippen molar-refractivity contribution in [1.29, 1.82) is 0 Å². The maximum absolute atomic E-state index is 12.0. The number of hydrogen-bond acceptors (Lipinski definition) is 5. The summed E-state index contributed by atoms with van der Waals surface area (Å²) in [5, 5.41) is 14.6. The summed E-state index contributed by atoms with van der Waals surface area (Å²) in [7, 11) is 0. The molecule has 0 aliphatic rings. The molecule has 0 unspecified atom stereocenters. The molecule has 7 heteroatoms. The Morgan fingerprint density at radius 3 is 2.48 bits per heavy atom. The van der Waals surface area contributed by atoms with Crippen LogP contribution in [-0.4, -0.2) is 22.6 Å². The second-order valence-corrected chi connectivity index (χ2v) is 6.29. The van der Waals surface area contributed by atoms with Crippen LogP contribution in [0.2, 0.25) is 0 Å². The van der Waals surface area contributed by atoms with E-state index in [9.17, 15) is 14.9 Å². The van der Waals surface area contributed by atoms with Crippen molar-refractivity contribution in [1.82, 2.24) is 5.43 Å². The third-order valence-corrected chi connectivity index (χ3v) is 3.00. The van der Waals surface area contributed by atoms with Crippen LogP contribution in [0.3, 0.4) is 0 Å². The minimum absolute atomic E-state index is 0.147. The van der Waals surface area contributed by atoms with E-state index in [0.29, 0.717) is 0 Å². The normalized spacial score (nSPS) is 11.3. The summed E-state index contributed by atoms with van der Waals surface area (Å²) in [6, 6.07) is 12.7. The number of nitrogens with one attached hydrogen (secondary N) is 1. The van der Waals surface area contributed by atoms with E-state index in [1.54, 1.807) is 0 Å². The second kappa shape index (κ2) is 7.57. The quantitative estimate of drug-likeness (QED) is 0.511. The number of nitro benzene ring substituents is 1. The Balaban J connectivity index is 1.97. The number of hydrazone groups is 1. The number of ether oxygens (including phenoxy) is 1. The molecule has 0 aliphatic heterocycles. The molecule has 0 atom stereocenters. The summed E-state index contributed by atoms with van der Waals surface area (Å²) in [6.07, 6.45) is 1.48. The van der Waals surface area contributed by atoms with E-state index in [1.165, 1.54) is 30.5 Å². The van der Waals surface area contributed by atoms with Crippen LogP contribution < -0.4 is 10.2 Å². The fourth-order valence-electron chi connectivity index (χ4n) is 1.97. The molecule has 0 spiro atoms. The zero-order valence-corrected chi connectivity index (χ0v) is 14.2. The molecule has 2 aromatic carbocycles. The third-order valence-electron chi connectivity index (χ3n) is 3.00. The number of amides is 1. The Labute approximate surface area is 145 Å². The smallest absolute Gasteiger partial charge is 0.271 e. The van der Waals surface area contributed by atoms with Crippen LogP contribution in [0.5, 0.6) is 5.75 Å². The molecule has 0 aliphatic carbocycles. The van der Waals surface area contributed by atoms with Gasteiger partial charge in [-0.3, -0.25) is 14.9 Å². The standard InChI is InChI=1S/C18H19N3O4/c1-18(2,3)25-16-9-7-13(8-10-16)12-19-20-17(22)14-5-4-6-15(11-14)21(23)24/h4-12H,1-3H3,(H,20,22)/b19-12+. The first-order valence-corrected chi connectivity index (χ1v) is 7.61. The summed E-state index contributed by atoms with van der Waals surface area (Å²) in [6.45, 7) is 5.89. The zero-order chi connectivity index (χ0) is 18.4.